The van der Waals surface area contributed by atoms with Gasteiger partial charge in [0.15, 0.2) is 5.82 Å². The molecule has 2 heterocycles. The second kappa shape index (κ2) is 7.50. The molecule has 0 spiro atoms. The normalized spacial score (nSPS) is 19.7. The molecule has 2 fully saturated rings. The van der Waals surface area contributed by atoms with Gasteiger partial charge >= 0.3 is 0 Å². The summed E-state index contributed by atoms with van der Waals surface area (Å²) in [6, 6.07) is 7.16. The Morgan fingerprint density at radius 2 is 2.00 bits per heavy atom. The fourth-order valence-electron chi connectivity index (χ4n) is 3.44. The Hall–Kier alpha value is -2.70. The molecule has 0 radical (unpaired) electrons. The molecule has 7 heteroatoms. The summed E-state index contributed by atoms with van der Waals surface area (Å²) in [5, 5.41) is 6.82. The summed E-state index contributed by atoms with van der Waals surface area (Å²) < 4.78 is 5.15. The summed E-state index contributed by atoms with van der Waals surface area (Å²) in [5.41, 5.74) is 1.39. The lowest BCUT2D eigenvalue weighted by molar-refractivity contribution is -0.126. The topological polar surface area (TPSA) is 88.3 Å². The molecule has 2 aromatic rings. The highest BCUT2D eigenvalue weighted by atomic mass is 16.5. The molecule has 1 unspecified atom stereocenters. The van der Waals surface area contributed by atoms with Crippen LogP contribution in [0.25, 0.3) is 11.5 Å². The number of nitrogens with one attached hydrogen (secondary N) is 1. The molecule has 27 heavy (non-hydrogen) atoms. The number of aryl methyl sites for hydroxylation is 1. The smallest absolute Gasteiger partial charge is 0.257 e. The van der Waals surface area contributed by atoms with Crippen molar-refractivity contribution in [1.29, 1.82) is 0 Å². The van der Waals surface area contributed by atoms with Gasteiger partial charge in [0.2, 0.25) is 5.91 Å². The molecule has 7 nitrogen and oxygen atoms in total. The van der Waals surface area contributed by atoms with Crippen LogP contribution in [-0.4, -0.2) is 46.5 Å². The summed E-state index contributed by atoms with van der Waals surface area (Å²) in [6.45, 7) is 3.72. The van der Waals surface area contributed by atoms with Gasteiger partial charge in [0.05, 0.1) is 5.92 Å². The van der Waals surface area contributed by atoms with Crippen LogP contribution in [0.5, 0.6) is 0 Å². The van der Waals surface area contributed by atoms with Gasteiger partial charge in [-0.05, 0) is 62.8 Å². The van der Waals surface area contributed by atoms with Crippen molar-refractivity contribution in [2.45, 2.75) is 32.6 Å². The maximum Gasteiger partial charge on any atom is 0.257 e. The standard InChI is InChI=1S/C20H24N4O3/c1-13-22-19(27-23-13)15-6-8-16(9-7-15)20(26)24-10-2-3-17(12-24)18(25)21-11-14-4-5-14/h6-9,14,17H,2-5,10-12H2,1H3,(H,21,25). The number of hydrogen-bond acceptors (Lipinski definition) is 5. The predicted octanol–water partition coefficient (Wildman–Crippen LogP) is 2.42. The van der Waals surface area contributed by atoms with Gasteiger partial charge in [0, 0.05) is 30.8 Å². The zero-order chi connectivity index (χ0) is 18.8. The van der Waals surface area contributed by atoms with Crippen molar-refractivity contribution >= 4 is 11.8 Å². The summed E-state index contributed by atoms with van der Waals surface area (Å²) in [6.07, 6.45) is 4.13. The molecule has 1 saturated heterocycles. The maximum atomic E-state index is 12.8. The summed E-state index contributed by atoms with van der Waals surface area (Å²) >= 11 is 0. The van der Waals surface area contributed by atoms with Crippen molar-refractivity contribution < 1.29 is 14.1 Å². The number of likely N-dealkylation sites (tertiary alicyclic amines) is 1. The lowest BCUT2D eigenvalue weighted by Gasteiger charge is -2.32. The van der Waals surface area contributed by atoms with Crippen LogP contribution >= 0.6 is 0 Å². The van der Waals surface area contributed by atoms with Crippen molar-refractivity contribution in [2.75, 3.05) is 19.6 Å². The molecule has 1 aromatic heterocycles. The highest BCUT2D eigenvalue weighted by Crippen LogP contribution is 2.28. The summed E-state index contributed by atoms with van der Waals surface area (Å²) in [4.78, 5) is 31.2. The van der Waals surface area contributed by atoms with E-state index in [9.17, 15) is 9.59 Å². The van der Waals surface area contributed by atoms with Crippen molar-refractivity contribution in [1.82, 2.24) is 20.4 Å². The van der Waals surface area contributed by atoms with Gasteiger partial charge in [0.1, 0.15) is 0 Å². The fourth-order valence-corrected chi connectivity index (χ4v) is 3.44. The molecule has 1 aromatic carbocycles. The van der Waals surface area contributed by atoms with Gasteiger partial charge in [-0.25, -0.2) is 0 Å². The molecular formula is C20H24N4O3. The molecule has 1 aliphatic heterocycles. The first-order valence-electron chi connectivity index (χ1n) is 9.58. The largest absolute Gasteiger partial charge is 0.356 e. The monoisotopic (exact) mass is 368 g/mol. The third-order valence-corrected chi connectivity index (χ3v) is 5.25. The molecule has 1 N–H and O–H groups in total. The van der Waals surface area contributed by atoms with Crippen LogP contribution in [0.1, 0.15) is 41.9 Å². The fraction of sp³-hybridized carbons (Fsp3) is 0.500. The highest BCUT2D eigenvalue weighted by Gasteiger charge is 2.30. The molecule has 1 aliphatic carbocycles. The molecule has 1 atom stereocenters. The Kier molecular flexibility index (Phi) is 4.92. The second-order valence-corrected chi connectivity index (χ2v) is 7.50. The van der Waals surface area contributed by atoms with E-state index in [-0.39, 0.29) is 17.7 Å². The van der Waals surface area contributed by atoms with Crippen molar-refractivity contribution in [2.24, 2.45) is 11.8 Å². The van der Waals surface area contributed by atoms with E-state index in [4.69, 9.17) is 4.52 Å². The lowest BCUT2D eigenvalue weighted by Crippen LogP contribution is -2.45. The number of carbonyl (C=O) groups is 2. The van der Waals surface area contributed by atoms with E-state index in [1.807, 2.05) is 12.1 Å². The Balaban J connectivity index is 1.38. The molecule has 4 rings (SSSR count). The zero-order valence-corrected chi connectivity index (χ0v) is 15.5. The van der Waals surface area contributed by atoms with Crippen LogP contribution in [0, 0.1) is 18.8 Å². The van der Waals surface area contributed by atoms with Gasteiger partial charge in [-0.2, -0.15) is 4.98 Å². The average molecular weight is 368 g/mol. The third kappa shape index (κ3) is 4.18. The maximum absolute atomic E-state index is 12.8. The Morgan fingerprint density at radius 1 is 1.22 bits per heavy atom. The first-order valence-corrected chi connectivity index (χ1v) is 9.58. The average Bonchev–Trinajstić information content (AvgIpc) is 3.44. The summed E-state index contributed by atoms with van der Waals surface area (Å²) in [7, 11) is 0. The number of amides is 2. The van der Waals surface area contributed by atoms with Gasteiger partial charge in [0.25, 0.3) is 11.8 Å². The van der Waals surface area contributed by atoms with Crippen LogP contribution in [-0.2, 0) is 4.79 Å². The van der Waals surface area contributed by atoms with E-state index < -0.39 is 0 Å². The second-order valence-electron chi connectivity index (χ2n) is 7.50. The van der Waals surface area contributed by atoms with E-state index in [1.165, 1.54) is 12.8 Å². The minimum absolute atomic E-state index is 0.0389. The highest BCUT2D eigenvalue weighted by molar-refractivity contribution is 5.95. The SMILES string of the molecule is Cc1noc(-c2ccc(C(=O)N3CCCC(C(=O)NCC4CC4)C3)cc2)n1. The number of aromatic nitrogens is 2. The van der Waals surface area contributed by atoms with E-state index in [0.29, 0.717) is 36.3 Å². The Labute approximate surface area is 158 Å². The van der Waals surface area contributed by atoms with Crippen LogP contribution in [0.3, 0.4) is 0 Å². The van der Waals surface area contributed by atoms with Crippen LogP contribution in [0.15, 0.2) is 28.8 Å². The van der Waals surface area contributed by atoms with Crippen LogP contribution in [0.2, 0.25) is 0 Å². The van der Waals surface area contributed by atoms with Gasteiger partial charge in [-0.1, -0.05) is 5.16 Å². The molecule has 2 aliphatic rings. The minimum atomic E-state index is -0.109. The van der Waals surface area contributed by atoms with E-state index in [1.54, 1.807) is 24.0 Å². The number of hydrogen-bond donors (Lipinski definition) is 1. The van der Waals surface area contributed by atoms with Gasteiger partial charge in [-0.15, -0.1) is 0 Å². The zero-order valence-electron chi connectivity index (χ0n) is 15.5. The molecule has 2 amide bonds. The van der Waals surface area contributed by atoms with Crippen LogP contribution in [0.4, 0.5) is 0 Å². The quantitative estimate of drug-likeness (QED) is 0.876. The molecule has 142 valence electrons. The predicted molar refractivity (Wildman–Crippen MR) is 98.8 cm³/mol. The summed E-state index contributed by atoms with van der Waals surface area (Å²) in [5.74, 6) is 1.62. The lowest BCUT2D eigenvalue weighted by atomic mass is 9.96. The van der Waals surface area contributed by atoms with Crippen molar-refractivity contribution in [3.8, 4) is 11.5 Å². The van der Waals surface area contributed by atoms with E-state index >= 15 is 0 Å². The van der Waals surface area contributed by atoms with Crippen molar-refractivity contribution in [3.63, 3.8) is 0 Å². The van der Waals surface area contributed by atoms with E-state index in [0.717, 1.165) is 24.9 Å². The number of carbonyl (C=O) groups excluding carboxylic acids is 2. The number of rotatable bonds is 5. The number of benzene rings is 1. The van der Waals surface area contributed by atoms with Crippen LogP contribution < -0.4 is 5.32 Å². The first kappa shape index (κ1) is 17.7. The van der Waals surface area contributed by atoms with Gasteiger partial charge in [-0.3, -0.25) is 9.59 Å². The molecule has 0 bridgehead atoms. The first-order chi connectivity index (χ1) is 13.1. The third-order valence-electron chi connectivity index (χ3n) is 5.25. The van der Waals surface area contributed by atoms with E-state index in [2.05, 4.69) is 15.5 Å². The number of nitrogens with zero attached hydrogens (tertiary/aromatic N) is 3. The number of piperidine rings is 1. The minimum Gasteiger partial charge on any atom is -0.356 e. The molecule has 1 saturated carbocycles. The van der Waals surface area contributed by atoms with Gasteiger partial charge < -0.3 is 14.7 Å². The molecular weight excluding hydrogens is 344 g/mol. The Bertz CT molecular complexity index is 826. The van der Waals surface area contributed by atoms with Crippen molar-refractivity contribution in [3.05, 3.63) is 35.7 Å². The Morgan fingerprint density at radius 3 is 2.67 bits per heavy atom.